The maximum absolute atomic E-state index is 13.3. The minimum absolute atomic E-state index is 0.113. The number of amides is 2. The van der Waals surface area contributed by atoms with Crippen molar-refractivity contribution in [2.45, 2.75) is 45.1 Å². The van der Waals surface area contributed by atoms with Gasteiger partial charge in [-0.1, -0.05) is 15.9 Å². The summed E-state index contributed by atoms with van der Waals surface area (Å²) < 4.78 is 0.484. The van der Waals surface area contributed by atoms with Crippen LogP contribution in [0.3, 0.4) is 0 Å². The third kappa shape index (κ3) is 5.38. The van der Waals surface area contributed by atoms with Crippen LogP contribution in [0.25, 0.3) is 0 Å². The van der Waals surface area contributed by atoms with Crippen molar-refractivity contribution in [2.75, 3.05) is 31.5 Å². The molecule has 2 saturated heterocycles. The van der Waals surface area contributed by atoms with Crippen LogP contribution < -0.4 is 5.32 Å². The van der Waals surface area contributed by atoms with Crippen LogP contribution in [0.2, 0.25) is 0 Å². The fraction of sp³-hybridized carbons (Fsp3) is 0.458. The quantitative estimate of drug-likeness (QED) is 0.454. The van der Waals surface area contributed by atoms with Gasteiger partial charge in [-0.15, -0.1) is 0 Å². The van der Waals surface area contributed by atoms with E-state index in [1.165, 1.54) is 6.07 Å². The number of carbonyl (C=O) groups is 2. The third-order valence-electron chi connectivity index (χ3n) is 6.33. The first-order chi connectivity index (χ1) is 16.3. The van der Waals surface area contributed by atoms with E-state index in [0.29, 0.717) is 36.2 Å². The molecule has 0 aliphatic carbocycles. The Morgan fingerprint density at radius 3 is 2.50 bits per heavy atom. The van der Waals surface area contributed by atoms with E-state index in [4.69, 9.17) is 0 Å². The van der Waals surface area contributed by atoms with Crippen LogP contribution in [-0.2, 0) is 0 Å². The van der Waals surface area contributed by atoms with E-state index in [0.717, 1.165) is 37.7 Å². The van der Waals surface area contributed by atoms with E-state index in [1.807, 2.05) is 6.92 Å². The number of aromatic nitrogens is 1. The number of benzene rings is 1. The zero-order valence-corrected chi connectivity index (χ0v) is 20.7. The molecule has 0 radical (unpaired) electrons. The molecular formula is C24H28BrN5O4. The van der Waals surface area contributed by atoms with Gasteiger partial charge in [-0.3, -0.25) is 24.7 Å². The number of hydrogen-bond acceptors (Lipinski definition) is 6. The maximum Gasteiger partial charge on any atom is 0.294 e. The number of piperidine rings is 2. The van der Waals surface area contributed by atoms with Gasteiger partial charge in [-0.2, -0.15) is 0 Å². The highest BCUT2D eigenvalue weighted by atomic mass is 79.9. The summed E-state index contributed by atoms with van der Waals surface area (Å²) >= 11 is 3.33. The zero-order chi connectivity index (χ0) is 24.2. The molecule has 34 heavy (non-hydrogen) atoms. The van der Waals surface area contributed by atoms with Gasteiger partial charge in [0.25, 0.3) is 17.5 Å². The molecule has 1 N–H and O–H groups in total. The normalized spacial score (nSPS) is 18.5. The molecule has 3 heterocycles. The van der Waals surface area contributed by atoms with E-state index in [-0.39, 0.29) is 34.8 Å². The molecule has 1 aromatic carbocycles. The predicted octanol–water partition coefficient (Wildman–Crippen LogP) is 4.40. The molecule has 10 heteroatoms. The van der Waals surface area contributed by atoms with Gasteiger partial charge in [0.2, 0.25) is 0 Å². The van der Waals surface area contributed by atoms with Crippen LogP contribution in [0.4, 0.5) is 11.4 Å². The topological polar surface area (TPSA) is 109 Å². The van der Waals surface area contributed by atoms with Crippen molar-refractivity contribution < 1.29 is 14.5 Å². The number of rotatable bonds is 5. The second-order valence-corrected chi connectivity index (χ2v) is 9.86. The van der Waals surface area contributed by atoms with Crippen LogP contribution in [0, 0.1) is 17.0 Å². The molecule has 2 aliphatic rings. The molecule has 0 unspecified atom stereocenters. The summed E-state index contributed by atoms with van der Waals surface area (Å²) in [7, 11) is 0. The molecule has 2 amide bonds. The Kier molecular flexibility index (Phi) is 7.45. The highest BCUT2D eigenvalue weighted by molar-refractivity contribution is 9.10. The molecule has 180 valence electrons. The Labute approximate surface area is 206 Å². The van der Waals surface area contributed by atoms with Crippen LogP contribution in [0.5, 0.6) is 0 Å². The van der Waals surface area contributed by atoms with Crippen molar-refractivity contribution in [3.05, 3.63) is 61.9 Å². The number of aryl methyl sites for hydroxylation is 1. The van der Waals surface area contributed by atoms with Gasteiger partial charge < -0.3 is 15.1 Å². The number of nitro benzene ring substituents is 1. The van der Waals surface area contributed by atoms with Gasteiger partial charge in [0.15, 0.2) is 0 Å². The van der Waals surface area contributed by atoms with Crippen LogP contribution in [-0.4, -0.2) is 63.7 Å². The van der Waals surface area contributed by atoms with E-state index in [9.17, 15) is 19.7 Å². The number of halogens is 1. The first-order valence-corrected chi connectivity index (χ1v) is 12.4. The number of anilines is 1. The lowest BCUT2D eigenvalue weighted by molar-refractivity contribution is -0.384. The molecule has 0 spiro atoms. The Hall–Kier alpha value is -3.01. The highest BCUT2D eigenvalue weighted by Crippen LogP contribution is 2.35. The summed E-state index contributed by atoms with van der Waals surface area (Å²) in [5, 5.41) is 15.2. The lowest BCUT2D eigenvalue weighted by atomic mass is 10.0. The number of nitro groups is 1. The lowest BCUT2D eigenvalue weighted by Gasteiger charge is -2.34. The second kappa shape index (κ2) is 10.5. The van der Waals surface area contributed by atoms with Gasteiger partial charge >= 0.3 is 0 Å². The molecule has 9 nitrogen and oxygen atoms in total. The van der Waals surface area contributed by atoms with Crippen LogP contribution in [0.1, 0.15) is 58.4 Å². The number of carbonyl (C=O) groups excluding carboxylic acids is 2. The Bertz CT molecular complexity index is 1100. The minimum atomic E-state index is -0.468. The van der Waals surface area contributed by atoms with Gasteiger partial charge in [-0.05, 0) is 56.7 Å². The van der Waals surface area contributed by atoms with Crippen molar-refractivity contribution in [3.63, 3.8) is 0 Å². The molecule has 4 rings (SSSR count). The Morgan fingerprint density at radius 1 is 1.06 bits per heavy atom. The smallest absolute Gasteiger partial charge is 0.294 e. The molecule has 1 aromatic heterocycles. The van der Waals surface area contributed by atoms with Gasteiger partial charge in [-0.25, -0.2) is 0 Å². The molecule has 2 fully saturated rings. The van der Waals surface area contributed by atoms with E-state index in [2.05, 4.69) is 26.2 Å². The molecule has 0 saturated carbocycles. The first-order valence-electron chi connectivity index (χ1n) is 11.6. The lowest BCUT2D eigenvalue weighted by Crippen LogP contribution is -2.45. The number of nitrogens with zero attached hydrogens (tertiary/aromatic N) is 4. The van der Waals surface area contributed by atoms with E-state index in [1.54, 1.807) is 34.3 Å². The Morgan fingerprint density at radius 2 is 1.79 bits per heavy atom. The van der Waals surface area contributed by atoms with Crippen molar-refractivity contribution in [3.8, 4) is 0 Å². The standard InChI is InChI=1S/C24H28BrN5O4/c1-16-10-17(14-26-13-16)23(31)29-9-5-6-19(15-29)27-22-20(11-18(25)12-21(22)30(33)34)24(32)28-7-3-2-4-8-28/h10-14,19,27H,2-9,15H2,1H3/t19-/m1/s1. The monoisotopic (exact) mass is 529 g/mol. The molecule has 1 atom stereocenters. The van der Waals surface area contributed by atoms with Crippen LogP contribution in [0.15, 0.2) is 35.1 Å². The summed E-state index contributed by atoms with van der Waals surface area (Å²) in [4.78, 5) is 45.4. The molecule has 2 aromatic rings. The number of hydrogen-bond donors (Lipinski definition) is 1. The summed E-state index contributed by atoms with van der Waals surface area (Å²) in [5.74, 6) is -0.321. The predicted molar refractivity (Wildman–Crippen MR) is 132 cm³/mol. The van der Waals surface area contributed by atoms with Gasteiger partial charge in [0, 0.05) is 55.2 Å². The average molecular weight is 530 g/mol. The fourth-order valence-electron chi connectivity index (χ4n) is 4.66. The highest BCUT2D eigenvalue weighted by Gasteiger charge is 2.31. The molecule has 0 bridgehead atoms. The maximum atomic E-state index is 13.3. The third-order valence-corrected chi connectivity index (χ3v) is 6.79. The SMILES string of the molecule is Cc1cncc(C(=O)N2CCC[C@@H](Nc3c(C(=O)N4CCCCC4)cc(Br)cc3[N+](=O)[O-])C2)c1. The second-order valence-electron chi connectivity index (χ2n) is 8.94. The summed E-state index contributed by atoms with van der Waals surface area (Å²) in [6.07, 6.45) is 7.68. The minimum Gasteiger partial charge on any atom is -0.374 e. The largest absolute Gasteiger partial charge is 0.374 e. The van der Waals surface area contributed by atoms with Crippen molar-refractivity contribution in [1.82, 2.24) is 14.8 Å². The summed E-state index contributed by atoms with van der Waals surface area (Å²) in [6, 6.07) is 4.65. The van der Waals surface area contributed by atoms with Crippen LogP contribution >= 0.6 is 15.9 Å². The van der Waals surface area contributed by atoms with Crippen molar-refractivity contribution in [2.24, 2.45) is 0 Å². The van der Waals surface area contributed by atoms with Crippen molar-refractivity contribution >= 4 is 39.1 Å². The number of pyridine rings is 1. The average Bonchev–Trinajstić information content (AvgIpc) is 2.84. The number of nitrogens with one attached hydrogen (secondary N) is 1. The first kappa shape index (κ1) is 24.1. The zero-order valence-electron chi connectivity index (χ0n) is 19.1. The summed E-state index contributed by atoms with van der Waals surface area (Å²) in [6.45, 7) is 4.17. The van der Waals surface area contributed by atoms with Gasteiger partial charge in [0.1, 0.15) is 5.69 Å². The molecular weight excluding hydrogens is 502 g/mol. The Balaban J connectivity index is 1.60. The summed E-state index contributed by atoms with van der Waals surface area (Å²) in [5.41, 5.74) is 1.79. The van der Waals surface area contributed by atoms with E-state index >= 15 is 0 Å². The number of likely N-dealkylation sites (tertiary alicyclic amines) is 2. The fourth-order valence-corrected chi connectivity index (χ4v) is 5.11. The van der Waals surface area contributed by atoms with Gasteiger partial charge in [0.05, 0.1) is 16.1 Å². The molecule has 2 aliphatic heterocycles. The van der Waals surface area contributed by atoms with E-state index < -0.39 is 4.92 Å². The van der Waals surface area contributed by atoms with Crippen molar-refractivity contribution in [1.29, 1.82) is 0 Å².